The van der Waals surface area contributed by atoms with Gasteiger partial charge in [0.05, 0.1) is 35.6 Å². The molecule has 13 heteroatoms. The van der Waals surface area contributed by atoms with Crippen molar-refractivity contribution in [1.82, 2.24) is 15.1 Å². The van der Waals surface area contributed by atoms with Crippen molar-refractivity contribution in [2.75, 3.05) is 46.3 Å². The Morgan fingerprint density at radius 1 is 1.09 bits per heavy atom. The van der Waals surface area contributed by atoms with Gasteiger partial charge in [-0.1, -0.05) is 53.5 Å². The van der Waals surface area contributed by atoms with E-state index < -0.39 is 35.7 Å². The number of imide groups is 1. The van der Waals surface area contributed by atoms with Crippen molar-refractivity contribution in [2.45, 2.75) is 25.1 Å². The molecule has 0 saturated carbocycles. The third kappa shape index (κ3) is 6.63. The number of methoxy groups -OCH3 is 1. The van der Waals surface area contributed by atoms with Crippen molar-refractivity contribution in [3.63, 3.8) is 0 Å². The summed E-state index contributed by atoms with van der Waals surface area (Å²) in [6.07, 6.45) is -0.0796. The maximum Gasteiger partial charge on any atom is 0.326 e. The second-order valence-corrected chi connectivity index (χ2v) is 11.7. The molecule has 2 heterocycles. The molecular formula is C32H33Cl2FN4O6. The number of rotatable bonds is 8. The first kappa shape index (κ1) is 32.6. The molecule has 1 unspecified atom stereocenters. The molecule has 4 amide bonds. The first-order valence-corrected chi connectivity index (χ1v) is 15.0. The second-order valence-electron chi connectivity index (χ2n) is 11.0. The molecule has 0 spiro atoms. The smallest absolute Gasteiger partial charge is 0.326 e. The molecule has 2 aliphatic heterocycles. The molecule has 2 fully saturated rings. The number of aliphatic hydroxyl groups excluding tert-OH is 1. The molecule has 3 aromatic carbocycles. The molecule has 0 aliphatic carbocycles. The van der Waals surface area contributed by atoms with Gasteiger partial charge in [0.15, 0.2) is 0 Å². The van der Waals surface area contributed by atoms with Gasteiger partial charge in [0.1, 0.15) is 17.5 Å². The predicted octanol–water partition coefficient (Wildman–Crippen LogP) is 4.79. The number of anilines is 1. The highest BCUT2D eigenvalue weighted by Gasteiger charge is 2.39. The zero-order chi connectivity index (χ0) is 32.4. The summed E-state index contributed by atoms with van der Waals surface area (Å²) < 4.78 is 26.3. The number of halogens is 3. The average Bonchev–Trinajstić information content (AvgIpc) is 3.02. The lowest BCUT2D eigenvalue weighted by Crippen LogP contribution is -2.56. The molecule has 238 valence electrons. The number of amides is 4. The van der Waals surface area contributed by atoms with Crippen molar-refractivity contribution < 1.29 is 33.4 Å². The van der Waals surface area contributed by atoms with E-state index in [9.17, 15) is 19.5 Å². The monoisotopic (exact) mass is 658 g/mol. The van der Waals surface area contributed by atoms with Gasteiger partial charge >= 0.3 is 6.03 Å². The number of nitrogens with zero attached hydrogens (tertiary/aromatic N) is 2. The molecule has 0 aromatic heterocycles. The van der Waals surface area contributed by atoms with Crippen LogP contribution < -0.4 is 15.4 Å². The fraction of sp³-hybridized carbons (Fsp3) is 0.344. The van der Waals surface area contributed by atoms with Crippen LogP contribution in [0.4, 0.5) is 14.9 Å². The van der Waals surface area contributed by atoms with Gasteiger partial charge in [0, 0.05) is 62.1 Å². The van der Waals surface area contributed by atoms with Crippen molar-refractivity contribution >= 4 is 46.7 Å². The third-order valence-electron chi connectivity index (χ3n) is 8.11. The van der Waals surface area contributed by atoms with Gasteiger partial charge in [0.25, 0.3) is 0 Å². The molecule has 0 radical (unpaired) electrons. The van der Waals surface area contributed by atoms with Crippen LogP contribution in [0.3, 0.4) is 0 Å². The van der Waals surface area contributed by atoms with Crippen LogP contribution in [-0.4, -0.2) is 85.9 Å². The van der Waals surface area contributed by atoms with Crippen molar-refractivity contribution in [3.8, 4) is 28.0 Å². The Hall–Kier alpha value is -3.74. The number of hydrogen-bond acceptors (Lipinski definition) is 7. The Morgan fingerprint density at radius 3 is 2.49 bits per heavy atom. The standard InChI is InChI=1S/C32H33Cl2FN4O6/c1-38-15-22(31(42)39(2)32(38)43)30(41)37-25-9-5-8-20(29(25)34)19-7-4-6-18(28(19)33)17-12-23(35)21(27(13-17)44-3)14-36-24-10-11-45-16-26(24)40/h4-9,12-13,22,24,26,36,40H,10-11,14-16H2,1-3H3,(H,37,41)/t22?,24-,26+/m0/s1. The number of aliphatic hydroxyl groups is 1. The van der Waals surface area contributed by atoms with E-state index in [0.717, 1.165) is 4.90 Å². The molecule has 3 N–H and O–H groups in total. The maximum absolute atomic E-state index is 15.5. The van der Waals surface area contributed by atoms with E-state index in [1.54, 1.807) is 42.5 Å². The topological polar surface area (TPSA) is 120 Å². The van der Waals surface area contributed by atoms with Crippen LogP contribution in [0.25, 0.3) is 22.3 Å². The number of carbonyl (C=O) groups is 3. The zero-order valence-corrected chi connectivity index (χ0v) is 26.4. The quantitative estimate of drug-likeness (QED) is 0.298. The van der Waals surface area contributed by atoms with E-state index in [1.165, 1.54) is 32.2 Å². The summed E-state index contributed by atoms with van der Waals surface area (Å²) in [7, 11) is 4.30. The lowest BCUT2D eigenvalue weighted by Gasteiger charge is -2.33. The van der Waals surface area contributed by atoms with Gasteiger partial charge in [-0.25, -0.2) is 9.18 Å². The van der Waals surface area contributed by atoms with Crippen molar-refractivity contribution in [2.24, 2.45) is 5.92 Å². The first-order valence-electron chi connectivity index (χ1n) is 14.3. The predicted molar refractivity (Wildman–Crippen MR) is 169 cm³/mol. The van der Waals surface area contributed by atoms with Gasteiger partial charge in [0.2, 0.25) is 11.8 Å². The minimum atomic E-state index is -1.10. The van der Waals surface area contributed by atoms with Gasteiger partial charge < -0.3 is 30.1 Å². The van der Waals surface area contributed by atoms with E-state index in [4.69, 9.17) is 32.7 Å². The molecule has 10 nitrogen and oxygen atoms in total. The van der Waals surface area contributed by atoms with E-state index in [-0.39, 0.29) is 36.4 Å². The number of ether oxygens (including phenoxy) is 2. The van der Waals surface area contributed by atoms with E-state index in [0.29, 0.717) is 51.6 Å². The second kappa shape index (κ2) is 13.7. The minimum absolute atomic E-state index is 0.0641. The first-order chi connectivity index (χ1) is 21.5. The van der Waals surface area contributed by atoms with Crippen molar-refractivity contribution in [1.29, 1.82) is 0 Å². The van der Waals surface area contributed by atoms with Gasteiger partial charge in [-0.3, -0.25) is 14.5 Å². The highest BCUT2D eigenvalue weighted by Crippen LogP contribution is 2.42. The molecule has 3 aromatic rings. The van der Waals surface area contributed by atoms with Crippen LogP contribution >= 0.6 is 23.2 Å². The lowest BCUT2D eigenvalue weighted by molar-refractivity contribution is -0.140. The summed E-state index contributed by atoms with van der Waals surface area (Å²) in [5.41, 5.74) is 2.62. The number of hydrogen-bond donors (Lipinski definition) is 3. The fourth-order valence-electron chi connectivity index (χ4n) is 5.54. The van der Waals surface area contributed by atoms with Crippen LogP contribution in [-0.2, 0) is 20.9 Å². The zero-order valence-electron chi connectivity index (χ0n) is 24.9. The van der Waals surface area contributed by atoms with Gasteiger partial charge in [-0.2, -0.15) is 0 Å². The number of carbonyl (C=O) groups excluding carboxylic acids is 3. The van der Waals surface area contributed by atoms with Crippen LogP contribution in [0.1, 0.15) is 12.0 Å². The summed E-state index contributed by atoms with van der Waals surface area (Å²) in [4.78, 5) is 40.0. The molecule has 5 rings (SSSR count). The fourth-order valence-corrected chi connectivity index (χ4v) is 6.16. The summed E-state index contributed by atoms with van der Waals surface area (Å²) in [6, 6.07) is 12.6. The normalized spacial score (nSPS) is 20.4. The summed E-state index contributed by atoms with van der Waals surface area (Å²) in [6.45, 7) is 0.820. The summed E-state index contributed by atoms with van der Waals surface area (Å²) >= 11 is 13.7. The van der Waals surface area contributed by atoms with Crippen LogP contribution in [0, 0.1) is 11.7 Å². The number of nitrogens with one attached hydrogen (secondary N) is 2. The minimum Gasteiger partial charge on any atom is -0.496 e. The van der Waals surface area contributed by atoms with Gasteiger partial charge in [-0.05, 0) is 30.2 Å². The Bertz CT molecular complexity index is 1640. The van der Waals surface area contributed by atoms with Crippen LogP contribution in [0.15, 0.2) is 48.5 Å². The molecule has 3 atom stereocenters. The molecule has 2 aliphatic rings. The Labute approximate surface area is 270 Å². The molecule has 2 saturated heterocycles. The highest BCUT2D eigenvalue weighted by atomic mass is 35.5. The number of urea groups is 1. The largest absolute Gasteiger partial charge is 0.496 e. The molecular weight excluding hydrogens is 626 g/mol. The van der Waals surface area contributed by atoms with Crippen molar-refractivity contribution in [3.05, 3.63) is 70.0 Å². The Morgan fingerprint density at radius 2 is 1.78 bits per heavy atom. The maximum atomic E-state index is 15.5. The SMILES string of the molecule is COc1cc(-c2cccc(-c3cccc(NC(=O)C4CN(C)C(=O)N(C)C4=O)c3Cl)c2Cl)cc(F)c1CN[C@H]1CCOC[C@H]1O. The van der Waals surface area contributed by atoms with Crippen LogP contribution in [0.2, 0.25) is 10.0 Å². The van der Waals surface area contributed by atoms with E-state index >= 15 is 4.39 Å². The highest BCUT2D eigenvalue weighted by molar-refractivity contribution is 6.39. The molecule has 0 bridgehead atoms. The van der Waals surface area contributed by atoms with Gasteiger partial charge in [-0.15, -0.1) is 0 Å². The lowest BCUT2D eigenvalue weighted by atomic mass is 9.96. The van der Waals surface area contributed by atoms with Crippen LogP contribution in [0.5, 0.6) is 5.75 Å². The molecule has 45 heavy (non-hydrogen) atoms. The summed E-state index contributed by atoms with van der Waals surface area (Å²) in [5, 5.41) is 16.6. The number of benzene rings is 3. The van der Waals surface area contributed by atoms with E-state index in [2.05, 4.69) is 10.6 Å². The Kier molecular flexibility index (Phi) is 9.95. The third-order valence-corrected chi connectivity index (χ3v) is 8.93. The van der Waals surface area contributed by atoms with E-state index in [1.807, 2.05) is 0 Å². The summed E-state index contributed by atoms with van der Waals surface area (Å²) in [5.74, 6) is -2.50. The Balaban J connectivity index is 1.41. The average molecular weight is 660 g/mol.